The maximum Gasteiger partial charge on any atom is 0.246 e. The monoisotopic (exact) mass is 569 g/mol. The van der Waals surface area contributed by atoms with Crippen molar-refractivity contribution in [3.05, 3.63) is 59.3 Å². The Hall–Kier alpha value is -3.61. The first-order valence-electron chi connectivity index (χ1n) is 15.4. The molecular weight excluding hydrogens is 526 g/mol. The van der Waals surface area contributed by atoms with Gasteiger partial charge in [0, 0.05) is 68.3 Å². The Morgan fingerprint density at radius 2 is 1.95 bits per heavy atom. The van der Waals surface area contributed by atoms with Crippen LogP contribution < -0.4 is 14.5 Å². The summed E-state index contributed by atoms with van der Waals surface area (Å²) in [6.07, 6.45) is 5.97. The molecule has 2 aromatic rings. The number of likely N-dealkylation sites (N-methyl/N-ethyl adjacent to an activating group) is 2. The highest BCUT2D eigenvalue weighted by Gasteiger charge is 2.33. The fraction of sp³-hybridized carbons (Fsp3) is 0.545. The van der Waals surface area contributed by atoms with Crippen molar-refractivity contribution in [1.29, 1.82) is 5.26 Å². The van der Waals surface area contributed by atoms with E-state index in [2.05, 4.69) is 70.6 Å². The summed E-state index contributed by atoms with van der Waals surface area (Å²) < 4.78 is 6.42. The number of rotatable bonds is 7. The second-order valence-electron chi connectivity index (χ2n) is 12.3. The highest BCUT2D eigenvalue weighted by atomic mass is 16.5. The molecule has 9 nitrogen and oxygen atoms in total. The van der Waals surface area contributed by atoms with Gasteiger partial charge < -0.3 is 29.2 Å². The Balaban J connectivity index is 1.31. The maximum absolute atomic E-state index is 12.6. The quantitative estimate of drug-likeness (QED) is 0.471. The van der Waals surface area contributed by atoms with E-state index in [1.807, 2.05) is 0 Å². The molecule has 0 aliphatic carbocycles. The predicted molar refractivity (Wildman–Crippen MR) is 165 cm³/mol. The fourth-order valence-corrected chi connectivity index (χ4v) is 7.18. The molecular formula is C33H43N7O2. The van der Waals surface area contributed by atoms with Gasteiger partial charge >= 0.3 is 0 Å². The van der Waals surface area contributed by atoms with E-state index in [4.69, 9.17) is 9.72 Å². The van der Waals surface area contributed by atoms with Gasteiger partial charge in [0.15, 0.2) is 0 Å². The van der Waals surface area contributed by atoms with Crippen molar-refractivity contribution in [3.63, 3.8) is 0 Å². The first kappa shape index (κ1) is 28.5. The highest BCUT2D eigenvalue weighted by Crippen LogP contribution is 2.37. The number of carbonyl (C=O) groups excluding carboxylic acids is 1. The number of nitrogens with zero attached hydrogens (tertiary/aromatic N) is 7. The summed E-state index contributed by atoms with van der Waals surface area (Å²) >= 11 is 0. The predicted octanol–water partition coefficient (Wildman–Crippen LogP) is 3.22. The average Bonchev–Trinajstić information content (AvgIpc) is 3.43. The van der Waals surface area contributed by atoms with Crippen molar-refractivity contribution in [2.24, 2.45) is 0 Å². The number of piperazine rings is 1. The number of hydrogen-bond donors (Lipinski definition) is 0. The van der Waals surface area contributed by atoms with Crippen molar-refractivity contribution in [1.82, 2.24) is 19.7 Å². The van der Waals surface area contributed by atoms with Crippen LogP contribution in [0, 0.1) is 11.3 Å². The van der Waals surface area contributed by atoms with Crippen LogP contribution in [0.15, 0.2) is 36.9 Å². The largest absolute Gasteiger partial charge is 0.476 e. The second kappa shape index (κ2) is 12.3. The zero-order valence-corrected chi connectivity index (χ0v) is 25.1. The summed E-state index contributed by atoms with van der Waals surface area (Å²) in [7, 11) is 4.37. The van der Waals surface area contributed by atoms with Gasteiger partial charge in [0.05, 0.1) is 30.8 Å². The molecule has 0 radical (unpaired) electrons. The molecule has 2 saturated heterocycles. The summed E-state index contributed by atoms with van der Waals surface area (Å²) in [5.74, 6) is 0.561. The molecule has 2 atom stereocenters. The van der Waals surface area contributed by atoms with E-state index in [-0.39, 0.29) is 11.9 Å². The van der Waals surface area contributed by atoms with Gasteiger partial charge in [0.1, 0.15) is 6.61 Å². The van der Waals surface area contributed by atoms with Crippen molar-refractivity contribution >= 4 is 17.3 Å². The van der Waals surface area contributed by atoms with Crippen LogP contribution in [-0.2, 0) is 30.7 Å². The summed E-state index contributed by atoms with van der Waals surface area (Å²) in [6.45, 7) is 11.0. The number of carbonyl (C=O) groups is 1. The third-order valence-electron chi connectivity index (χ3n) is 9.62. The summed E-state index contributed by atoms with van der Waals surface area (Å²) in [5, 5.41) is 9.54. The van der Waals surface area contributed by atoms with Gasteiger partial charge in [-0.15, -0.1) is 0 Å². The van der Waals surface area contributed by atoms with Crippen molar-refractivity contribution in [2.75, 3.05) is 69.8 Å². The van der Waals surface area contributed by atoms with Crippen LogP contribution in [0.1, 0.15) is 41.6 Å². The first-order valence-corrected chi connectivity index (χ1v) is 15.4. The molecule has 0 spiro atoms. The third kappa shape index (κ3) is 5.70. The number of aromatic nitrogens is 1. The Morgan fingerprint density at radius 1 is 1.07 bits per heavy atom. The van der Waals surface area contributed by atoms with Crippen LogP contribution in [-0.4, -0.2) is 97.6 Å². The number of fused-ring (bicyclic) bond motifs is 2. The molecule has 0 unspecified atom stereocenters. The van der Waals surface area contributed by atoms with Gasteiger partial charge in [-0.25, -0.2) is 4.98 Å². The van der Waals surface area contributed by atoms with Crippen molar-refractivity contribution < 1.29 is 9.53 Å². The van der Waals surface area contributed by atoms with Crippen LogP contribution in [0.5, 0.6) is 5.88 Å². The molecule has 2 fully saturated rings. The fourth-order valence-electron chi connectivity index (χ4n) is 7.18. The van der Waals surface area contributed by atoms with Crippen LogP contribution in [0.4, 0.5) is 11.4 Å². The van der Waals surface area contributed by atoms with Crippen LogP contribution in [0.25, 0.3) is 0 Å². The van der Waals surface area contributed by atoms with Gasteiger partial charge in [-0.2, -0.15) is 5.26 Å². The molecule has 0 N–H and O–H groups in total. The zero-order valence-electron chi connectivity index (χ0n) is 25.1. The molecule has 0 saturated carbocycles. The minimum atomic E-state index is -0.178. The summed E-state index contributed by atoms with van der Waals surface area (Å²) in [5.41, 5.74) is 7.68. The number of pyridine rings is 1. The molecule has 4 aliphatic heterocycles. The average molecular weight is 570 g/mol. The molecule has 6 rings (SSSR count). The third-order valence-corrected chi connectivity index (χ3v) is 9.62. The van der Waals surface area contributed by atoms with Crippen LogP contribution in [0.3, 0.4) is 0 Å². The number of hydrogen-bond acceptors (Lipinski definition) is 8. The van der Waals surface area contributed by atoms with Crippen molar-refractivity contribution in [3.8, 4) is 11.9 Å². The topological polar surface area (TPSA) is 79.2 Å². The first-order chi connectivity index (χ1) is 20.4. The molecule has 5 heterocycles. The number of ether oxygens (including phenoxy) is 1. The number of anilines is 2. The summed E-state index contributed by atoms with van der Waals surface area (Å²) in [4.78, 5) is 29.1. The number of amides is 1. The molecule has 0 bridgehead atoms. The van der Waals surface area contributed by atoms with Gasteiger partial charge in [-0.1, -0.05) is 18.7 Å². The van der Waals surface area contributed by atoms with Gasteiger partial charge in [-0.3, -0.25) is 4.79 Å². The second-order valence-corrected chi connectivity index (χ2v) is 12.3. The number of benzene rings is 1. The van der Waals surface area contributed by atoms with E-state index in [1.165, 1.54) is 34.9 Å². The molecule has 1 aromatic carbocycles. The molecule has 1 amide bonds. The minimum Gasteiger partial charge on any atom is -0.476 e. The van der Waals surface area contributed by atoms with E-state index in [1.54, 1.807) is 4.90 Å². The lowest BCUT2D eigenvalue weighted by Gasteiger charge is -2.43. The Morgan fingerprint density at radius 3 is 2.74 bits per heavy atom. The Bertz CT molecular complexity index is 1370. The molecule has 1 aromatic heterocycles. The molecule has 42 heavy (non-hydrogen) atoms. The Labute approximate surface area is 249 Å². The summed E-state index contributed by atoms with van der Waals surface area (Å²) in [6, 6.07) is 11.4. The lowest BCUT2D eigenvalue weighted by Crippen LogP contribution is -2.55. The van der Waals surface area contributed by atoms with E-state index in [9.17, 15) is 10.1 Å². The van der Waals surface area contributed by atoms with Gasteiger partial charge in [-0.05, 0) is 69.6 Å². The highest BCUT2D eigenvalue weighted by molar-refractivity contribution is 5.87. The molecule has 9 heteroatoms. The van der Waals surface area contributed by atoms with Gasteiger partial charge in [0.2, 0.25) is 11.8 Å². The molecule has 222 valence electrons. The lowest BCUT2D eigenvalue weighted by atomic mass is 9.95. The SMILES string of the molecule is C=CC(=O)N1CCN(c2cc(OC[C@@H]3CCCN3C)nc3c2CCN(c2cccc4c2CN(C)CC4)C3)C[C@@H]1CC#N. The van der Waals surface area contributed by atoms with E-state index < -0.39 is 0 Å². The minimum absolute atomic E-state index is 0.108. The van der Waals surface area contributed by atoms with E-state index in [0.717, 1.165) is 63.4 Å². The molecule has 4 aliphatic rings. The maximum atomic E-state index is 12.6. The smallest absolute Gasteiger partial charge is 0.246 e. The standard InChI is InChI=1S/C33H43N7O2/c1-4-33(41)40-18-17-39(20-25(40)10-13-34)31-19-32(42-23-26-8-6-14-37(26)3)35-29-22-38(16-12-27(29)31)30-9-5-7-24-11-15-36(2)21-28(24)30/h4-5,7,9,19,25-26H,1,6,8,10-12,14-18,20-23H2,2-3H3/t25-,26-/m0/s1. The normalized spacial score (nSPS) is 22.8. The Kier molecular flexibility index (Phi) is 8.36. The zero-order chi connectivity index (χ0) is 29.2. The lowest BCUT2D eigenvalue weighted by molar-refractivity contribution is -0.128. The van der Waals surface area contributed by atoms with E-state index >= 15 is 0 Å². The van der Waals surface area contributed by atoms with Crippen molar-refractivity contribution in [2.45, 2.75) is 57.3 Å². The van der Waals surface area contributed by atoms with Crippen LogP contribution >= 0.6 is 0 Å². The van der Waals surface area contributed by atoms with E-state index in [0.29, 0.717) is 44.6 Å². The van der Waals surface area contributed by atoms with Gasteiger partial charge in [0.25, 0.3) is 0 Å². The number of likely N-dealkylation sites (tertiary alicyclic amines) is 1. The van der Waals surface area contributed by atoms with Crippen LogP contribution in [0.2, 0.25) is 0 Å². The number of nitriles is 1.